The van der Waals surface area contributed by atoms with E-state index in [1.807, 2.05) is 11.9 Å². The van der Waals surface area contributed by atoms with Crippen LogP contribution in [0.5, 0.6) is 0 Å². The predicted molar refractivity (Wildman–Crippen MR) is 49.3 cm³/mol. The number of hydrogen-bond donors (Lipinski definition) is 0. The molecule has 1 heterocycles. The Balaban J connectivity index is 2.72. The highest BCUT2D eigenvalue weighted by Crippen LogP contribution is 2.21. The predicted octanol–water partition coefficient (Wildman–Crippen LogP) is 1.10. The van der Waals surface area contributed by atoms with Gasteiger partial charge in [-0.1, -0.05) is 0 Å². The molecule has 1 rings (SSSR count). The van der Waals surface area contributed by atoms with Gasteiger partial charge in [0, 0.05) is 19.1 Å². The van der Waals surface area contributed by atoms with Crippen molar-refractivity contribution in [1.82, 2.24) is 9.80 Å². The van der Waals surface area contributed by atoms with Gasteiger partial charge < -0.3 is 9.80 Å². The minimum atomic E-state index is -4.75. The molecule has 0 aliphatic carbocycles. The fourth-order valence-electron chi connectivity index (χ4n) is 1.84. The molecule has 1 atom stereocenters. The molecule has 1 aliphatic rings. The summed E-state index contributed by atoms with van der Waals surface area (Å²) in [6, 6.07) is -0.383. The zero-order chi connectivity index (χ0) is 11.6. The van der Waals surface area contributed by atoms with E-state index >= 15 is 0 Å². The van der Waals surface area contributed by atoms with Gasteiger partial charge in [-0.2, -0.15) is 13.2 Å². The van der Waals surface area contributed by atoms with Gasteiger partial charge >= 0.3 is 12.1 Å². The van der Waals surface area contributed by atoms with Gasteiger partial charge in [0.25, 0.3) is 0 Å². The molecule has 6 heteroatoms. The van der Waals surface area contributed by atoms with E-state index in [-0.39, 0.29) is 12.6 Å². The lowest BCUT2D eigenvalue weighted by atomic mass is 10.2. The van der Waals surface area contributed by atoms with Crippen molar-refractivity contribution in [3.05, 3.63) is 0 Å². The number of hydrogen-bond acceptors (Lipinski definition) is 2. The molecule has 0 saturated carbocycles. The van der Waals surface area contributed by atoms with Gasteiger partial charge in [0.15, 0.2) is 0 Å². The number of amides is 1. The summed E-state index contributed by atoms with van der Waals surface area (Å²) in [4.78, 5) is 13.9. The molecule has 0 aromatic rings. The van der Waals surface area contributed by atoms with Crippen LogP contribution in [0.25, 0.3) is 0 Å². The third-order valence-corrected chi connectivity index (χ3v) is 2.55. The van der Waals surface area contributed by atoms with E-state index in [0.717, 1.165) is 11.4 Å². The smallest absolute Gasteiger partial charge is 0.331 e. The van der Waals surface area contributed by atoms with Crippen LogP contribution in [0.15, 0.2) is 0 Å². The normalized spacial score (nSPS) is 25.1. The van der Waals surface area contributed by atoms with Gasteiger partial charge in [0.05, 0.1) is 0 Å². The Morgan fingerprint density at radius 2 is 1.93 bits per heavy atom. The first-order chi connectivity index (χ1) is 6.82. The average molecular weight is 224 g/mol. The van der Waals surface area contributed by atoms with Crippen molar-refractivity contribution in [3.8, 4) is 0 Å². The minimum absolute atomic E-state index is 0.184. The fraction of sp³-hybridized carbons (Fsp3) is 0.889. The first kappa shape index (κ1) is 12.3. The Morgan fingerprint density at radius 3 is 2.47 bits per heavy atom. The summed E-state index contributed by atoms with van der Waals surface area (Å²) in [5.74, 6) is -1.72. The lowest BCUT2D eigenvalue weighted by molar-refractivity contribution is -0.187. The summed E-state index contributed by atoms with van der Waals surface area (Å²) in [5, 5.41) is 0. The second kappa shape index (κ2) is 4.38. The van der Waals surface area contributed by atoms with Crippen LogP contribution in [-0.2, 0) is 4.79 Å². The molecule has 1 fully saturated rings. The summed E-state index contributed by atoms with van der Waals surface area (Å²) in [7, 11) is 1.85. The largest absolute Gasteiger partial charge is 0.471 e. The minimum Gasteiger partial charge on any atom is -0.331 e. The van der Waals surface area contributed by atoms with Gasteiger partial charge in [0.1, 0.15) is 0 Å². The topological polar surface area (TPSA) is 23.6 Å². The number of carbonyl (C=O) groups excluding carboxylic acids is 1. The van der Waals surface area contributed by atoms with Crippen molar-refractivity contribution in [1.29, 1.82) is 0 Å². The zero-order valence-electron chi connectivity index (χ0n) is 8.84. The van der Waals surface area contributed by atoms with Crippen LogP contribution in [0.2, 0.25) is 0 Å². The number of likely N-dealkylation sites (N-methyl/N-ethyl adjacent to an activating group) is 1. The molecule has 0 bridgehead atoms. The second-order valence-electron chi connectivity index (χ2n) is 3.96. The van der Waals surface area contributed by atoms with Gasteiger partial charge in [-0.05, 0) is 26.9 Å². The summed E-state index contributed by atoms with van der Waals surface area (Å²) in [6.45, 7) is 3.04. The monoisotopic (exact) mass is 224 g/mol. The molecule has 0 aromatic carbocycles. The Morgan fingerprint density at radius 1 is 1.33 bits per heavy atom. The van der Waals surface area contributed by atoms with E-state index in [2.05, 4.69) is 0 Å². The average Bonchev–Trinajstić information content (AvgIpc) is 2.23. The Bertz CT molecular complexity index is 242. The lowest BCUT2D eigenvalue weighted by Gasteiger charge is -2.28. The fourth-order valence-corrected chi connectivity index (χ4v) is 1.84. The molecular weight excluding hydrogens is 209 g/mol. The maximum absolute atomic E-state index is 12.2. The van der Waals surface area contributed by atoms with Crippen LogP contribution >= 0.6 is 0 Å². The Labute approximate surface area is 86.8 Å². The summed E-state index contributed by atoms with van der Waals surface area (Å²) < 4.78 is 36.7. The third kappa shape index (κ3) is 3.09. The third-order valence-electron chi connectivity index (χ3n) is 2.55. The molecule has 1 unspecified atom stereocenters. The molecular formula is C9H15F3N2O. The van der Waals surface area contributed by atoms with Gasteiger partial charge in [-0.15, -0.1) is 0 Å². The highest BCUT2D eigenvalue weighted by atomic mass is 19.4. The molecule has 1 saturated heterocycles. The molecule has 0 spiro atoms. The zero-order valence-corrected chi connectivity index (χ0v) is 8.84. The van der Waals surface area contributed by atoms with E-state index in [4.69, 9.17) is 0 Å². The van der Waals surface area contributed by atoms with Gasteiger partial charge in [0.2, 0.25) is 0 Å². The van der Waals surface area contributed by atoms with E-state index < -0.39 is 12.1 Å². The molecule has 0 radical (unpaired) electrons. The van der Waals surface area contributed by atoms with Crippen molar-refractivity contribution in [2.24, 2.45) is 0 Å². The Hall–Kier alpha value is -0.780. The van der Waals surface area contributed by atoms with E-state index in [0.29, 0.717) is 13.0 Å². The molecule has 0 N–H and O–H groups in total. The molecule has 15 heavy (non-hydrogen) atoms. The first-order valence-electron chi connectivity index (χ1n) is 4.88. The molecule has 3 nitrogen and oxygen atoms in total. The second-order valence-corrected chi connectivity index (χ2v) is 3.96. The number of carbonyl (C=O) groups is 1. The van der Waals surface area contributed by atoms with Gasteiger partial charge in [-0.3, -0.25) is 4.79 Å². The molecule has 1 amide bonds. The highest BCUT2D eigenvalue weighted by Gasteiger charge is 2.44. The molecule has 88 valence electrons. The van der Waals surface area contributed by atoms with Crippen LogP contribution in [0.4, 0.5) is 13.2 Å². The van der Waals surface area contributed by atoms with Crippen LogP contribution < -0.4 is 0 Å². The van der Waals surface area contributed by atoms with Crippen molar-refractivity contribution >= 4 is 5.91 Å². The van der Waals surface area contributed by atoms with Crippen molar-refractivity contribution in [2.45, 2.75) is 25.6 Å². The standard InChI is InChI=1S/C9H15F3N2O/c1-7-6-13(2)4-3-5-14(7)8(15)9(10,11)12/h7H,3-6H2,1-2H3. The Kier molecular flexibility index (Phi) is 3.59. The van der Waals surface area contributed by atoms with Crippen LogP contribution in [0, 0.1) is 0 Å². The SMILES string of the molecule is CC1CN(C)CCCN1C(=O)C(F)(F)F. The number of halogens is 3. The molecule has 1 aliphatic heterocycles. The lowest BCUT2D eigenvalue weighted by Crippen LogP contribution is -2.47. The van der Waals surface area contributed by atoms with E-state index in [1.165, 1.54) is 0 Å². The van der Waals surface area contributed by atoms with Crippen molar-refractivity contribution < 1.29 is 18.0 Å². The maximum Gasteiger partial charge on any atom is 0.471 e. The van der Waals surface area contributed by atoms with Crippen molar-refractivity contribution in [2.75, 3.05) is 26.7 Å². The first-order valence-corrected chi connectivity index (χ1v) is 4.88. The summed E-state index contributed by atoms with van der Waals surface area (Å²) in [5.41, 5.74) is 0. The van der Waals surface area contributed by atoms with Crippen LogP contribution in [0.3, 0.4) is 0 Å². The van der Waals surface area contributed by atoms with E-state index in [9.17, 15) is 18.0 Å². The summed E-state index contributed by atoms with van der Waals surface area (Å²) >= 11 is 0. The molecule has 0 aromatic heterocycles. The quantitative estimate of drug-likeness (QED) is 0.615. The maximum atomic E-state index is 12.2. The highest BCUT2D eigenvalue weighted by molar-refractivity contribution is 5.82. The number of alkyl halides is 3. The van der Waals surface area contributed by atoms with E-state index in [1.54, 1.807) is 6.92 Å². The van der Waals surface area contributed by atoms with Crippen LogP contribution in [-0.4, -0.2) is 54.6 Å². The number of nitrogens with zero attached hydrogens (tertiary/aromatic N) is 2. The summed E-state index contributed by atoms with van der Waals surface area (Å²) in [6.07, 6.45) is -4.17. The number of rotatable bonds is 0. The van der Waals surface area contributed by atoms with Crippen LogP contribution in [0.1, 0.15) is 13.3 Å². The van der Waals surface area contributed by atoms with Crippen molar-refractivity contribution in [3.63, 3.8) is 0 Å². The van der Waals surface area contributed by atoms with Gasteiger partial charge in [-0.25, -0.2) is 0 Å².